The molecule has 2 fully saturated rings. The third-order valence-corrected chi connectivity index (χ3v) is 11.4. The molecule has 3 aromatic carbocycles. The van der Waals surface area contributed by atoms with E-state index in [-0.39, 0.29) is 23.9 Å². The number of amides is 4. The van der Waals surface area contributed by atoms with E-state index >= 15 is 0 Å². The number of fused-ring (bicyclic) bond motifs is 2. The maximum atomic E-state index is 13.7. The van der Waals surface area contributed by atoms with Gasteiger partial charge in [-0.3, -0.25) is 9.59 Å². The first-order valence-electron chi connectivity index (χ1n) is 19.6. The molecule has 2 saturated heterocycles. The Morgan fingerprint density at radius 3 is 2.09 bits per heavy atom. The molecule has 15 nitrogen and oxygen atoms in total. The molecule has 0 unspecified atom stereocenters. The van der Waals surface area contributed by atoms with E-state index in [0.29, 0.717) is 36.7 Å². The number of alkyl carbamates (subject to hydrolysis) is 2. The van der Waals surface area contributed by atoms with E-state index < -0.39 is 30.4 Å². The fourth-order valence-electron chi connectivity index (χ4n) is 8.01. The molecule has 0 aliphatic carbocycles. The molecular formula is C43H50N8O7. The lowest BCUT2D eigenvalue weighted by Gasteiger charge is -2.30. The topological polar surface area (TPSA) is 184 Å². The maximum absolute atomic E-state index is 13.7. The van der Waals surface area contributed by atoms with Gasteiger partial charge in [-0.15, -0.1) is 0 Å². The van der Waals surface area contributed by atoms with Crippen LogP contribution in [-0.2, 0) is 23.8 Å². The van der Waals surface area contributed by atoms with Crippen LogP contribution in [0.5, 0.6) is 0 Å². The number of rotatable bonds is 12. The summed E-state index contributed by atoms with van der Waals surface area (Å²) in [4.78, 5) is 71.6. The quantitative estimate of drug-likeness (QED) is 0.102. The lowest BCUT2D eigenvalue weighted by molar-refractivity contribution is -0.137. The zero-order chi connectivity index (χ0) is 41.1. The van der Waals surface area contributed by atoms with E-state index in [0.717, 1.165) is 69.9 Å². The van der Waals surface area contributed by atoms with Gasteiger partial charge in [0.1, 0.15) is 23.7 Å². The van der Waals surface area contributed by atoms with E-state index in [1.54, 1.807) is 22.9 Å². The number of aromatic amines is 2. The molecule has 7 rings (SSSR count). The van der Waals surface area contributed by atoms with Crippen LogP contribution in [-0.4, -0.2) is 106 Å². The van der Waals surface area contributed by atoms with Crippen molar-refractivity contribution in [1.82, 2.24) is 40.4 Å². The molecule has 304 valence electrons. The predicted octanol–water partition coefficient (Wildman–Crippen LogP) is 6.55. The van der Waals surface area contributed by atoms with Crippen molar-refractivity contribution >= 4 is 45.8 Å². The summed E-state index contributed by atoms with van der Waals surface area (Å²) in [5.41, 5.74) is 6.14. The van der Waals surface area contributed by atoms with Crippen LogP contribution in [0, 0.1) is 0 Å². The molecule has 2 aliphatic heterocycles. The number of aromatic nitrogens is 4. The largest absolute Gasteiger partial charge is 0.453 e. The van der Waals surface area contributed by atoms with Gasteiger partial charge in [0, 0.05) is 25.8 Å². The zero-order valence-electron chi connectivity index (χ0n) is 33.5. The molecule has 0 saturated carbocycles. The summed E-state index contributed by atoms with van der Waals surface area (Å²) in [6.07, 6.45) is 3.51. The number of benzene rings is 3. The van der Waals surface area contributed by atoms with Crippen molar-refractivity contribution in [2.45, 2.75) is 76.2 Å². The minimum absolute atomic E-state index is 0.226. The van der Waals surface area contributed by atoms with E-state index in [4.69, 9.17) is 24.2 Å². The van der Waals surface area contributed by atoms with Gasteiger partial charge in [0.2, 0.25) is 11.8 Å². The van der Waals surface area contributed by atoms with Gasteiger partial charge in [-0.2, -0.15) is 0 Å². The van der Waals surface area contributed by atoms with Crippen LogP contribution in [0.2, 0.25) is 0 Å². The van der Waals surface area contributed by atoms with E-state index in [9.17, 15) is 19.2 Å². The monoisotopic (exact) mass is 790 g/mol. The Morgan fingerprint density at radius 1 is 0.810 bits per heavy atom. The van der Waals surface area contributed by atoms with Crippen molar-refractivity contribution in [2.75, 3.05) is 34.4 Å². The predicted molar refractivity (Wildman–Crippen MR) is 219 cm³/mol. The van der Waals surface area contributed by atoms with Gasteiger partial charge in [0.05, 0.1) is 55.3 Å². The van der Waals surface area contributed by atoms with Crippen LogP contribution in [0.1, 0.15) is 69.7 Å². The number of hydrogen-bond acceptors (Lipinski definition) is 9. The van der Waals surface area contributed by atoms with Gasteiger partial charge in [0.25, 0.3) is 0 Å². The Morgan fingerprint density at radius 2 is 1.41 bits per heavy atom. The number of ether oxygens (including phenoxy) is 3. The van der Waals surface area contributed by atoms with E-state index in [1.807, 2.05) is 19.1 Å². The number of carbonyl (C=O) groups is 4. The summed E-state index contributed by atoms with van der Waals surface area (Å²) in [5.74, 6) is 0.917. The normalized spacial score (nSPS) is 18.2. The Kier molecular flexibility index (Phi) is 11.8. The van der Waals surface area contributed by atoms with Crippen LogP contribution in [0.4, 0.5) is 9.59 Å². The minimum Gasteiger partial charge on any atom is -0.453 e. The highest BCUT2D eigenvalue weighted by molar-refractivity contribution is 5.92. The first kappa shape index (κ1) is 40.0. The van der Waals surface area contributed by atoms with Crippen molar-refractivity contribution in [1.29, 1.82) is 0 Å². The third kappa shape index (κ3) is 7.99. The molecule has 2 aliphatic rings. The highest BCUT2D eigenvalue weighted by Crippen LogP contribution is 2.36. The molecule has 0 radical (unpaired) electrons. The molecule has 0 bridgehead atoms. The first-order chi connectivity index (χ1) is 28.0. The van der Waals surface area contributed by atoms with Crippen LogP contribution in [0.15, 0.2) is 72.9 Å². The second kappa shape index (κ2) is 17.1. The van der Waals surface area contributed by atoms with Gasteiger partial charge in [-0.05, 0) is 90.8 Å². The lowest BCUT2D eigenvalue weighted by atomic mass is 9.99. The number of likely N-dealkylation sites (tertiary alicyclic amines) is 2. The molecular weight excluding hydrogens is 741 g/mol. The number of imidazole rings is 2. The fraction of sp³-hybridized carbons (Fsp3) is 0.395. The van der Waals surface area contributed by atoms with Crippen molar-refractivity contribution in [3.05, 3.63) is 84.6 Å². The number of H-pyrrole nitrogens is 2. The smallest absolute Gasteiger partial charge is 0.407 e. The second-order valence-electron chi connectivity index (χ2n) is 14.8. The Bertz CT molecular complexity index is 2350. The van der Waals surface area contributed by atoms with E-state index in [1.165, 1.54) is 21.3 Å². The van der Waals surface area contributed by atoms with Crippen molar-refractivity contribution in [3.8, 4) is 22.4 Å². The van der Waals surface area contributed by atoms with Gasteiger partial charge in [0.15, 0.2) is 0 Å². The van der Waals surface area contributed by atoms with Crippen LogP contribution >= 0.6 is 0 Å². The van der Waals surface area contributed by atoms with Crippen LogP contribution in [0.3, 0.4) is 0 Å². The summed E-state index contributed by atoms with van der Waals surface area (Å²) in [6, 6.07) is 16.4. The van der Waals surface area contributed by atoms with Gasteiger partial charge in [-0.1, -0.05) is 43.8 Å². The highest BCUT2D eigenvalue weighted by Gasteiger charge is 2.39. The fourth-order valence-corrected chi connectivity index (χ4v) is 8.01. The average Bonchev–Trinajstić information content (AvgIpc) is 4.09. The molecule has 0 spiro atoms. The van der Waals surface area contributed by atoms with E-state index in [2.05, 4.69) is 69.6 Å². The van der Waals surface area contributed by atoms with Gasteiger partial charge < -0.3 is 44.6 Å². The molecule has 15 heteroatoms. The zero-order valence-corrected chi connectivity index (χ0v) is 33.5. The maximum Gasteiger partial charge on any atom is 0.407 e. The number of methoxy groups -OCH3 is 3. The molecule has 4 N–H and O–H groups in total. The van der Waals surface area contributed by atoms with Crippen molar-refractivity contribution in [3.63, 3.8) is 0 Å². The van der Waals surface area contributed by atoms with Gasteiger partial charge >= 0.3 is 12.2 Å². The summed E-state index contributed by atoms with van der Waals surface area (Å²) in [7, 11) is 4.03. The number of carbonyl (C=O) groups excluding carboxylic acids is 4. The van der Waals surface area contributed by atoms with Crippen LogP contribution in [0.25, 0.3) is 44.2 Å². The van der Waals surface area contributed by atoms with Gasteiger partial charge in [-0.25, -0.2) is 19.6 Å². The summed E-state index contributed by atoms with van der Waals surface area (Å²) in [6.45, 7) is 8.75. The summed E-state index contributed by atoms with van der Waals surface area (Å²) < 4.78 is 14.9. The Hall–Kier alpha value is -6.22. The third-order valence-electron chi connectivity index (χ3n) is 11.4. The molecule has 5 aromatic rings. The van der Waals surface area contributed by atoms with Crippen LogP contribution < -0.4 is 10.6 Å². The minimum atomic E-state index is -0.904. The number of hydrogen-bond donors (Lipinski definition) is 4. The molecule has 2 aromatic heterocycles. The molecule has 4 amide bonds. The standard InChI is InChI=1S/C43H50N8O7/c1-7-24(2)36(48-42(54)57-5)40(52)50-18-8-10-34(50)38-44-23-33(47-38)30-15-14-26-20-27(12-13-28(26)21-30)29-16-17-31-32(22-29)46-39(45-31)35-11-9-19-51(35)41(53)37(25(3)56-4)49-43(55)58-6/h12-17,20-23,25,34-37H,2,7-11,18-19H2,1,3-6H3,(H,44,47)(H,45,46)(H,48,54)(H,49,55)/t25-,34+,35+,36+,37+/m1/s1. The number of nitrogens with zero attached hydrogens (tertiary/aromatic N) is 4. The molecule has 5 atom stereocenters. The van der Waals surface area contributed by atoms with Crippen molar-refractivity contribution in [2.24, 2.45) is 0 Å². The summed E-state index contributed by atoms with van der Waals surface area (Å²) in [5, 5.41) is 7.41. The first-order valence-corrected chi connectivity index (χ1v) is 19.6. The number of nitrogens with one attached hydrogen (secondary N) is 4. The Labute approximate surface area is 336 Å². The Balaban J connectivity index is 1.07. The highest BCUT2D eigenvalue weighted by atomic mass is 16.5. The molecule has 4 heterocycles. The lowest BCUT2D eigenvalue weighted by Crippen LogP contribution is -2.54. The SMILES string of the molecule is C=C(CC)[C@H](NC(=O)OC)C(=O)N1CCC[C@H]1c1ncc(-c2ccc3cc(-c4ccc5nc([C@@H]6CCCN6C(=O)[C@@H](NC(=O)OC)[C@@H](C)OC)[nH]c5c4)ccc3c2)[nH]1. The molecule has 58 heavy (non-hydrogen) atoms. The second-order valence-corrected chi connectivity index (χ2v) is 14.8. The summed E-state index contributed by atoms with van der Waals surface area (Å²) >= 11 is 0. The average molecular weight is 791 g/mol. The van der Waals surface area contributed by atoms with Crippen molar-refractivity contribution < 1.29 is 33.4 Å².